The average Bonchev–Trinajstić information content (AvgIpc) is 3.32. The molecule has 2 heterocycles. The molecule has 144 valence electrons. The Morgan fingerprint density at radius 1 is 1.15 bits per heavy atom. The standard InChI is InChI=1S/C20H32N4O2/c1-22(11-5-6-16-14-21-23(2)15-16)19(25)18-9-12-24(13-10-18)20(26)17-7-3-4-8-17/h14-15,17-18H,3-13H2,1-2H3. The second-order valence-electron chi connectivity index (χ2n) is 7.97. The van der Waals surface area contributed by atoms with Crippen LogP contribution in [0.15, 0.2) is 12.4 Å². The number of nitrogens with zero attached hydrogens (tertiary/aromatic N) is 4. The van der Waals surface area contributed by atoms with Crippen LogP contribution in [0.5, 0.6) is 0 Å². The molecule has 0 atom stereocenters. The third-order valence-corrected chi connectivity index (χ3v) is 5.95. The third kappa shape index (κ3) is 4.65. The van der Waals surface area contributed by atoms with E-state index in [1.807, 2.05) is 41.0 Å². The predicted octanol–water partition coefficient (Wildman–Crippen LogP) is 2.24. The van der Waals surface area contributed by atoms with Gasteiger partial charge in [-0.1, -0.05) is 12.8 Å². The molecule has 1 saturated heterocycles. The van der Waals surface area contributed by atoms with Crippen molar-refractivity contribution < 1.29 is 9.59 Å². The van der Waals surface area contributed by atoms with Gasteiger partial charge in [-0.2, -0.15) is 5.10 Å². The maximum absolute atomic E-state index is 12.7. The lowest BCUT2D eigenvalue weighted by Gasteiger charge is -2.34. The number of aryl methyl sites for hydroxylation is 2. The highest BCUT2D eigenvalue weighted by molar-refractivity contribution is 5.81. The zero-order chi connectivity index (χ0) is 18.5. The average molecular weight is 361 g/mol. The summed E-state index contributed by atoms with van der Waals surface area (Å²) in [7, 11) is 3.82. The van der Waals surface area contributed by atoms with E-state index >= 15 is 0 Å². The zero-order valence-corrected chi connectivity index (χ0v) is 16.2. The lowest BCUT2D eigenvalue weighted by molar-refractivity contribution is -0.141. The van der Waals surface area contributed by atoms with Crippen LogP contribution >= 0.6 is 0 Å². The Balaban J connectivity index is 1.38. The monoisotopic (exact) mass is 360 g/mol. The van der Waals surface area contributed by atoms with Crippen LogP contribution in [-0.4, -0.2) is 58.1 Å². The quantitative estimate of drug-likeness (QED) is 0.782. The van der Waals surface area contributed by atoms with Crippen molar-refractivity contribution in [1.29, 1.82) is 0 Å². The number of piperidine rings is 1. The van der Waals surface area contributed by atoms with Crippen molar-refractivity contribution in [1.82, 2.24) is 19.6 Å². The van der Waals surface area contributed by atoms with E-state index in [2.05, 4.69) is 5.10 Å². The Morgan fingerprint density at radius 2 is 1.85 bits per heavy atom. The van der Waals surface area contributed by atoms with Crippen molar-refractivity contribution in [2.45, 2.75) is 51.4 Å². The smallest absolute Gasteiger partial charge is 0.225 e. The summed E-state index contributed by atoms with van der Waals surface area (Å²) in [5.41, 5.74) is 1.21. The summed E-state index contributed by atoms with van der Waals surface area (Å²) in [6.07, 6.45) is 11.9. The molecule has 2 fully saturated rings. The normalized spacial score (nSPS) is 19.1. The van der Waals surface area contributed by atoms with Gasteiger partial charge in [0, 0.05) is 51.8 Å². The molecular weight excluding hydrogens is 328 g/mol. The molecule has 2 aliphatic rings. The van der Waals surface area contributed by atoms with E-state index in [1.54, 1.807) is 0 Å². The number of hydrogen-bond acceptors (Lipinski definition) is 3. The molecule has 1 aromatic rings. The van der Waals surface area contributed by atoms with Crippen molar-refractivity contribution in [3.63, 3.8) is 0 Å². The van der Waals surface area contributed by atoms with Crippen molar-refractivity contribution in [3.05, 3.63) is 18.0 Å². The predicted molar refractivity (Wildman–Crippen MR) is 100 cm³/mol. The molecule has 26 heavy (non-hydrogen) atoms. The van der Waals surface area contributed by atoms with Gasteiger partial charge in [0.1, 0.15) is 0 Å². The minimum Gasteiger partial charge on any atom is -0.346 e. The lowest BCUT2D eigenvalue weighted by atomic mass is 9.94. The molecule has 3 rings (SSSR count). The molecule has 0 aromatic carbocycles. The van der Waals surface area contributed by atoms with E-state index in [0.717, 1.165) is 58.2 Å². The first-order valence-electron chi connectivity index (χ1n) is 10.1. The number of rotatable bonds is 6. The van der Waals surface area contributed by atoms with E-state index in [1.165, 1.54) is 18.4 Å². The van der Waals surface area contributed by atoms with E-state index < -0.39 is 0 Å². The van der Waals surface area contributed by atoms with Crippen LogP contribution in [0.2, 0.25) is 0 Å². The summed E-state index contributed by atoms with van der Waals surface area (Å²) in [6.45, 7) is 2.26. The molecule has 6 nitrogen and oxygen atoms in total. The van der Waals surface area contributed by atoms with Gasteiger partial charge in [-0.15, -0.1) is 0 Å². The Morgan fingerprint density at radius 3 is 2.46 bits per heavy atom. The van der Waals surface area contributed by atoms with Crippen LogP contribution in [0.25, 0.3) is 0 Å². The molecule has 0 bridgehead atoms. The summed E-state index contributed by atoms with van der Waals surface area (Å²) < 4.78 is 1.81. The van der Waals surface area contributed by atoms with Gasteiger partial charge in [0.25, 0.3) is 0 Å². The summed E-state index contributed by atoms with van der Waals surface area (Å²) in [4.78, 5) is 29.1. The molecule has 6 heteroatoms. The molecule has 1 aliphatic carbocycles. The fourth-order valence-corrected chi connectivity index (χ4v) is 4.32. The molecule has 1 saturated carbocycles. The fourth-order valence-electron chi connectivity index (χ4n) is 4.32. The SMILES string of the molecule is CN(CCCc1cnn(C)c1)C(=O)C1CCN(C(=O)C2CCCC2)CC1. The largest absolute Gasteiger partial charge is 0.346 e. The van der Waals surface area contributed by atoms with Gasteiger partial charge in [-0.05, 0) is 44.1 Å². The molecular formula is C20H32N4O2. The highest BCUT2D eigenvalue weighted by Crippen LogP contribution is 2.28. The van der Waals surface area contributed by atoms with Crippen LogP contribution in [-0.2, 0) is 23.1 Å². The molecule has 0 radical (unpaired) electrons. The second-order valence-corrected chi connectivity index (χ2v) is 7.97. The highest BCUT2D eigenvalue weighted by atomic mass is 16.2. The van der Waals surface area contributed by atoms with Crippen LogP contribution in [0.3, 0.4) is 0 Å². The number of carbonyl (C=O) groups is 2. The van der Waals surface area contributed by atoms with E-state index in [9.17, 15) is 9.59 Å². The first-order chi connectivity index (χ1) is 12.5. The topological polar surface area (TPSA) is 58.4 Å². The maximum atomic E-state index is 12.7. The first kappa shape index (κ1) is 18.9. The van der Waals surface area contributed by atoms with E-state index in [4.69, 9.17) is 0 Å². The third-order valence-electron chi connectivity index (χ3n) is 5.95. The Hall–Kier alpha value is -1.85. The Kier molecular flexibility index (Phi) is 6.33. The summed E-state index contributed by atoms with van der Waals surface area (Å²) in [5.74, 6) is 0.894. The van der Waals surface area contributed by atoms with Crippen LogP contribution in [0.1, 0.15) is 50.5 Å². The van der Waals surface area contributed by atoms with Gasteiger partial charge in [-0.25, -0.2) is 0 Å². The molecule has 1 aromatic heterocycles. The number of carbonyl (C=O) groups excluding carboxylic acids is 2. The molecule has 1 aliphatic heterocycles. The number of hydrogen-bond donors (Lipinski definition) is 0. The van der Waals surface area contributed by atoms with E-state index in [0.29, 0.717) is 5.91 Å². The molecule has 0 spiro atoms. The number of amides is 2. The number of likely N-dealkylation sites (tertiary alicyclic amines) is 1. The van der Waals surface area contributed by atoms with Crippen molar-refractivity contribution in [2.75, 3.05) is 26.7 Å². The molecule has 0 unspecified atom stereocenters. The minimum atomic E-state index is 0.0750. The zero-order valence-electron chi connectivity index (χ0n) is 16.2. The van der Waals surface area contributed by atoms with Crippen LogP contribution in [0, 0.1) is 11.8 Å². The Labute approximate surface area is 156 Å². The highest BCUT2D eigenvalue weighted by Gasteiger charge is 2.32. The molecule has 0 N–H and O–H groups in total. The van der Waals surface area contributed by atoms with E-state index in [-0.39, 0.29) is 17.7 Å². The van der Waals surface area contributed by atoms with Gasteiger partial charge in [0.2, 0.25) is 11.8 Å². The van der Waals surface area contributed by atoms with Gasteiger partial charge in [0.15, 0.2) is 0 Å². The first-order valence-corrected chi connectivity index (χ1v) is 10.1. The van der Waals surface area contributed by atoms with Crippen LogP contribution < -0.4 is 0 Å². The summed E-state index contributed by atoms with van der Waals surface area (Å²) in [5, 5.41) is 4.18. The summed E-state index contributed by atoms with van der Waals surface area (Å²) >= 11 is 0. The Bertz CT molecular complexity index is 613. The molecule has 2 amide bonds. The maximum Gasteiger partial charge on any atom is 0.225 e. The lowest BCUT2D eigenvalue weighted by Crippen LogP contribution is -2.45. The number of aromatic nitrogens is 2. The van der Waals surface area contributed by atoms with Crippen molar-refractivity contribution in [2.24, 2.45) is 18.9 Å². The fraction of sp³-hybridized carbons (Fsp3) is 0.750. The van der Waals surface area contributed by atoms with Gasteiger partial charge < -0.3 is 9.80 Å². The minimum absolute atomic E-state index is 0.0750. The second kappa shape index (κ2) is 8.69. The van der Waals surface area contributed by atoms with Crippen molar-refractivity contribution >= 4 is 11.8 Å². The van der Waals surface area contributed by atoms with Crippen LogP contribution in [0.4, 0.5) is 0 Å². The summed E-state index contributed by atoms with van der Waals surface area (Å²) in [6, 6.07) is 0. The van der Waals surface area contributed by atoms with Gasteiger partial charge in [-0.3, -0.25) is 14.3 Å². The van der Waals surface area contributed by atoms with Crippen molar-refractivity contribution in [3.8, 4) is 0 Å². The van der Waals surface area contributed by atoms with Gasteiger partial charge in [0.05, 0.1) is 6.20 Å². The van der Waals surface area contributed by atoms with Gasteiger partial charge >= 0.3 is 0 Å².